The van der Waals surface area contributed by atoms with Gasteiger partial charge in [-0.3, -0.25) is 4.79 Å². The molecule has 4 nitrogen and oxygen atoms in total. The van der Waals surface area contributed by atoms with Gasteiger partial charge in [-0.2, -0.15) is 0 Å². The summed E-state index contributed by atoms with van der Waals surface area (Å²) in [5.74, 6) is 0.938. The fourth-order valence-corrected chi connectivity index (χ4v) is 2.07. The second-order valence-electron chi connectivity index (χ2n) is 5.02. The Hall–Kier alpha value is -1.55. The Morgan fingerprint density at radius 3 is 2.45 bits per heavy atom. The first-order valence-electron chi connectivity index (χ1n) is 7.30. The van der Waals surface area contributed by atoms with E-state index in [0.717, 1.165) is 43.5 Å². The van der Waals surface area contributed by atoms with Gasteiger partial charge in [0.2, 0.25) is 5.91 Å². The number of ether oxygens (including phenoxy) is 1. The number of carbonyl (C=O) groups excluding carboxylic acids is 1. The van der Waals surface area contributed by atoms with Gasteiger partial charge in [-0.15, -0.1) is 0 Å². The third-order valence-corrected chi connectivity index (χ3v) is 3.35. The Morgan fingerprint density at radius 1 is 1.20 bits per heavy atom. The minimum Gasteiger partial charge on any atom is -0.497 e. The molecule has 0 radical (unpaired) electrons. The van der Waals surface area contributed by atoms with E-state index in [2.05, 4.69) is 5.32 Å². The van der Waals surface area contributed by atoms with E-state index in [-0.39, 0.29) is 11.9 Å². The largest absolute Gasteiger partial charge is 0.497 e. The Bertz CT molecular complexity index is 390. The Labute approximate surface area is 121 Å². The molecule has 0 bridgehead atoms. The van der Waals surface area contributed by atoms with E-state index in [1.54, 1.807) is 7.11 Å². The third kappa shape index (κ3) is 6.06. The molecule has 0 fully saturated rings. The van der Waals surface area contributed by atoms with Gasteiger partial charge < -0.3 is 15.8 Å². The fourth-order valence-electron chi connectivity index (χ4n) is 2.07. The van der Waals surface area contributed by atoms with Gasteiger partial charge in [-0.25, -0.2) is 0 Å². The molecule has 4 heteroatoms. The minimum atomic E-state index is 0.0254. The summed E-state index contributed by atoms with van der Waals surface area (Å²) in [6, 6.07) is 7.79. The summed E-state index contributed by atoms with van der Waals surface area (Å²) in [4.78, 5) is 11.8. The molecule has 112 valence electrons. The monoisotopic (exact) mass is 278 g/mol. The topological polar surface area (TPSA) is 64.3 Å². The van der Waals surface area contributed by atoms with Crippen LogP contribution in [-0.4, -0.2) is 19.6 Å². The van der Waals surface area contributed by atoms with Crippen LogP contribution in [0.25, 0.3) is 0 Å². The molecule has 0 aromatic heterocycles. The van der Waals surface area contributed by atoms with Crippen LogP contribution in [0.15, 0.2) is 24.3 Å². The van der Waals surface area contributed by atoms with Gasteiger partial charge >= 0.3 is 0 Å². The molecule has 20 heavy (non-hydrogen) atoms. The summed E-state index contributed by atoms with van der Waals surface area (Å²) in [6.07, 6.45) is 4.75. The van der Waals surface area contributed by atoms with Crippen molar-refractivity contribution >= 4 is 5.91 Å². The highest BCUT2D eigenvalue weighted by atomic mass is 16.5. The molecule has 0 unspecified atom stereocenters. The highest BCUT2D eigenvalue weighted by Gasteiger charge is 2.09. The van der Waals surface area contributed by atoms with Crippen molar-refractivity contribution in [1.82, 2.24) is 5.32 Å². The standard InChI is InChI=1S/C16H26N2O2/c1-13(14-8-10-15(20-2)11-9-14)18-16(19)7-5-3-4-6-12-17/h8-11,13H,3-7,12,17H2,1-2H3,(H,18,19)/t13-/m0/s1. The van der Waals surface area contributed by atoms with Crippen LogP contribution >= 0.6 is 0 Å². The van der Waals surface area contributed by atoms with Crippen LogP contribution in [0.1, 0.15) is 50.6 Å². The first-order chi connectivity index (χ1) is 9.67. The zero-order chi connectivity index (χ0) is 14.8. The minimum absolute atomic E-state index is 0.0254. The Kier molecular flexibility index (Phi) is 7.73. The second-order valence-corrected chi connectivity index (χ2v) is 5.02. The van der Waals surface area contributed by atoms with E-state index >= 15 is 0 Å². The van der Waals surface area contributed by atoms with Crippen LogP contribution in [-0.2, 0) is 4.79 Å². The number of unbranched alkanes of at least 4 members (excludes halogenated alkanes) is 3. The van der Waals surface area contributed by atoms with E-state index in [1.807, 2.05) is 31.2 Å². The lowest BCUT2D eigenvalue weighted by Crippen LogP contribution is -2.26. The van der Waals surface area contributed by atoms with Gasteiger partial charge in [-0.05, 0) is 44.0 Å². The number of amides is 1. The number of methoxy groups -OCH3 is 1. The summed E-state index contributed by atoms with van der Waals surface area (Å²) >= 11 is 0. The normalized spacial score (nSPS) is 11.9. The summed E-state index contributed by atoms with van der Waals surface area (Å²) in [5, 5.41) is 3.02. The highest BCUT2D eigenvalue weighted by Crippen LogP contribution is 2.17. The summed E-state index contributed by atoms with van der Waals surface area (Å²) in [7, 11) is 1.64. The van der Waals surface area contributed by atoms with E-state index in [4.69, 9.17) is 10.5 Å². The van der Waals surface area contributed by atoms with E-state index in [1.165, 1.54) is 0 Å². The van der Waals surface area contributed by atoms with Crippen molar-refractivity contribution in [3.05, 3.63) is 29.8 Å². The predicted molar refractivity (Wildman–Crippen MR) is 81.7 cm³/mol. The SMILES string of the molecule is COc1ccc([C@H](C)NC(=O)CCCCCCN)cc1. The van der Waals surface area contributed by atoms with Gasteiger partial charge in [0.25, 0.3) is 0 Å². The van der Waals surface area contributed by atoms with Crippen LogP contribution in [0.3, 0.4) is 0 Å². The van der Waals surface area contributed by atoms with Crippen LogP contribution in [0.2, 0.25) is 0 Å². The number of hydrogen-bond acceptors (Lipinski definition) is 3. The average Bonchev–Trinajstić information content (AvgIpc) is 2.47. The van der Waals surface area contributed by atoms with Gasteiger partial charge in [0.1, 0.15) is 5.75 Å². The van der Waals surface area contributed by atoms with E-state index in [0.29, 0.717) is 6.42 Å². The fraction of sp³-hybridized carbons (Fsp3) is 0.562. The molecule has 0 saturated heterocycles. The zero-order valence-corrected chi connectivity index (χ0v) is 12.5. The van der Waals surface area contributed by atoms with Gasteiger partial charge in [0, 0.05) is 6.42 Å². The maximum atomic E-state index is 11.8. The van der Waals surface area contributed by atoms with Crippen molar-refractivity contribution in [2.45, 2.75) is 45.1 Å². The van der Waals surface area contributed by atoms with Crippen LogP contribution in [0, 0.1) is 0 Å². The van der Waals surface area contributed by atoms with Gasteiger partial charge in [0.15, 0.2) is 0 Å². The maximum Gasteiger partial charge on any atom is 0.220 e. The molecule has 1 rings (SSSR count). The first kappa shape index (κ1) is 16.5. The molecule has 1 aromatic carbocycles. The Balaban J connectivity index is 2.29. The number of benzene rings is 1. The number of rotatable bonds is 9. The van der Waals surface area contributed by atoms with Crippen molar-refractivity contribution in [1.29, 1.82) is 0 Å². The van der Waals surface area contributed by atoms with E-state index in [9.17, 15) is 4.79 Å². The van der Waals surface area contributed by atoms with Gasteiger partial charge in [-0.1, -0.05) is 25.0 Å². The van der Waals surface area contributed by atoms with Crippen molar-refractivity contribution in [3.8, 4) is 5.75 Å². The quantitative estimate of drug-likeness (QED) is 0.683. The van der Waals surface area contributed by atoms with Crippen molar-refractivity contribution < 1.29 is 9.53 Å². The molecule has 0 spiro atoms. The summed E-state index contributed by atoms with van der Waals surface area (Å²) < 4.78 is 5.12. The molecule has 0 aliphatic rings. The number of carbonyl (C=O) groups is 1. The number of nitrogens with two attached hydrogens (primary N) is 1. The molecule has 1 atom stereocenters. The van der Waals surface area contributed by atoms with Crippen molar-refractivity contribution in [2.24, 2.45) is 5.73 Å². The zero-order valence-electron chi connectivity index (χ0n) is 12.5. The summed E-state index contributed by atoms with van der Waals surface area (Å²) in [5.41, 5.74) is 6.52. The lowest BCUT2D eigenvalue weighted by Gasteiger charge is -2.14. The van der Waals surface area contributed by atoms with Gasteiger partial charge in [0.05, 0.1) is 13.2 Å². The third-order valence-electron chi connectivity index (χ3n) is 3.35. The lowest BCUT2D eigenvalue weighted by atomic mass is 10.1. The maximum absolute atomic E-state index is 11.8. The van der Waals surface area contributed by atoms with Crippen LogP contribution in [0.5, 0.6) is 5.75 Å². The van der Waals surface area contributed by atoms with Crippen LogP contribution < -0.4 is 15.8 Å². The molecule has 0 saturated carbocycles. The molecule has 0 heterocycles. The lowest BCUT2D eigenvalue weighted by molar-refractivity contribution is -0.121. The molecule has 3 N–H and O–H groups in total. The highest BCUT2D eigenvalue weighted by molar-refractivity contribution is 5.76. The first-order valence-corrected chi connectivity index (χ1v) is 7.30. The molecular weight excluding hydrogens is 252 g/mol. The van der Waals surface area contributed by atoms with E-state index < -0.39 is 0 Å². The predicted octanol–water partition coefficient (Wildman–Crippen LogP) is 2.78. The van der Waals surface area contributed by atoms with Crippen molar-refractivity contribution in [3.63, 3.8) is 0 Å². The average molecular weight is 278 g/mol. The number of hydrogen-bond donors (Lipinski definition) is 2. The molecule has 1 amide bonds. The van der Waals surface area contributed by atoms with Crippen molar-refractivity contribution in [2.75, 3.05) is 13.7 Å². The second kappa shape index (κ2) is 9.37. The van der Waals surface area contributed by atoms with Crippen LogP contribution in [0.4, 0.5) is 0 Å². The summed E-state index contributed by atoms with van der Waals surface area (Å²) in [6.45, 7) is 2.73. The molecule has 1 aromatic rings. The number of nitrogens with one attached hydrogen (secondary N) is 1. The molecular formula is C16H26N2O2. The smallest absolute Gasteiger partial charge is 0.220 e. The molecule has 0 aliphatic carbocycles. The molecule has 0 aliphatic heterocycles. The Morgan fingerprint density at radius 2 is 1.85 bits per heavy atom.